The highest BCUT2D eigenvalue weighted by Gasteiger charge is 2.38. The van der Waals surface area contributed by atoms with E-state index in [1.54, 1.807) is 12.1 Å². The first-order valence-corrected chi connectivity index (χ1v) is 10.9. The summed E-state index contributed by atoms with van der Waals surface area (Å²) in [4.78, 5) is 25.7. The van der Waals surface area contributed by atoms with Gasteiger partial charge in [-0.1, -0.05) is 41.6 Å². The molecule has 0 saturated carbocycles. The van der Waals surface area contributed by atoms with Crippen LogP contribution in [0, 0.1) is 0 Å². The van der Waals surface area contributed by atoms with Crippen molar-refractivity contribution >= 4 is 17.4 Å². The smallest absolute Gasteiger partial charge is 0.475 e. The van der Waals surface area contributed by atoms with Gasteiger partial charge in [-0.25, -0.2) is 9.31 Å². The number of fused-ring (bicyclic) bond motifs is 1. The summed E-state index contributed by atoms with van der Waals surface area (Å²) in [6.45, 7) is 1.97. The largest absolute Gasteiger partial charge is 0.490 e. The van der Waals surface area contributed by atoms with Gasteiger partial charge in [0, 0.05) is 31.4 Å². The van der Waals surface area contributed by atoms with Crippen LogP contribution in [0.4, 0.5) is 13.2 Å². The topological polar surface area (TPSA) is 104 Å². The highest BCUT2D eigenvalue weighted by Crippen LogP contribution is 2.28. The van der Waals surface area contributed by atoms with Crippen molar-refractivity contribution in [2.75, 3.05) is 26.7 Å². The van der Waals surface area contributed by atoms with E-state index in [4.69, 9.17) is 14.3 Å². The summed E-state index contributed by atoms with van der Waals surface area (Å²) < 4.78 is 38.8. The summed E-state index contributed by atoms with van der Waals surface area (Å²) in [6, 6.07) is 17.8. The number of likely N-dealkylation sites (N-methyl/N-ethyl adjacent to an activating group) is 1. The van der Waals surface area contributed by atoms with E-state index in [2.05, 4.69) is 46.5 Å². The lowest BCUT2D eigenvalue weighted by Crippen LogP contribution is -2.49. The number of hydrogen-bond donors (Lipinski definition) is 1. The molecule has 4 heterocycles. The number of carbonyl (C=O) groups is 2. The van der Waals surface area contributed by atoms with E-state index in [1.165, 1.54) is 6.26 Å². The molecule has 12 heteroatoms. The normalized spacial score (nSPS) is 16.4. The average Bonchev–Trinajstić information content (AvgIpc) is 3.54. The third-order valence-electron chi connectivity index (χ3n) is 5.77. The summed E-state index contributed by atoms with van der Waals surface area (Å²) in [5.41, 5.74) is 4.05. The second kappa shape index (κ2) is 10.2. The molecule has 1 saturated heterocycles. The molecule has 0 radical (unpaired) electrons. The van der Waals surface area contributed by atoms with Crippen LogP contribution >= 0.6 is 0 Å². The number of furan rings is 1. The van der Waals surface area contributed by atoms with Crippen LogP contribution in [0.25, 0.3) is 16.6 Å². The molecule has 3 aromatic heterocycles. The van der Waals surface area contributed by atoms with E-state index in [-0.39, 0.29) is 11.9 Å². The number of alkyl halides is 3. The molecule has 1 aromatic carbocycles. The molecule has 1 fully saturated rings. The van der Waals surface area contributed by atoms with Gasteiger partial charge in [0.05, 0.1) is 17.8 Å². The van der Waals surface area contributed by atoms with Crippen molar-refractivity contribution in [2.24, 2.45) is 0 Å². The first-order valence-electron chi connectivity index (χ1n) is 10.9. The van der Waals surface area contributed by atoms with E-state index < -0.39 is 12.1 Å². The number of hydrogen-bond acceptors (Lipinski definition) is 6. The third-order valence-corrected chi connectivity index (χ3v) is 5.77. The van der Waals surface area contributed by atoms with Gasteiger partial charge in [-0.15, -0.1) is 5.10 Å². The number of aliphatic carboxylic acids is 1. The maximum absolute atomic E-state index is 12.7. The fourth-order valence-electron chi connectivity index (χ4n) is 3.86. The number of amides is 1. The molecule has 1 aliphatic heterocycles. The highest BCUT2D eigenvalue weighted by molar-refractivity contribution is 5.91. The molecule has 0 aliphatic carbocycles. The Kier molecular flexibility index (Phi) is 7.06. The molecule has 1 atom stereocenters. The zero-order chi connectivity index (χ0) is 25.9. The van der Waals surface area contributed by atoms with Crippen LogP contribution in [-0.4, -0.2) is 74.5 Å². The van der Waals surface area contributed by atoms with Crippen molar-refractivity contribution in [3.05, 3.63) is 78.5 Å². The van der Waals surface area contributed by atoms with E-state index in [9.17, 15) is 18.0 Å². The van der Waals surface area contributed by atoms with Gasteiger partial charge in [0.25, 0.3) is 5.91 Å². The molecule has 188 valence electrons. The second-order valence-corrected chi connectivity index (χ2v) is 8.12. The second-order valence-electron chi connectivity index (χ2n) is 8.12. The van der Waals surface area contributed by atoms with Gasteiger partial charge >= 0.3 is 12.1 Å². The van der Waals surface area contributed by atoms with Crippen molar-refractivity contribution in [2.45, 2.75) is 12.2 Å². The summed E-state index contributed by atoms with van der Waals surface area (Å²) >= 11 is 0. The number of carboxylic acids is 1. The molecular formula is C24H22F3N5O4. The van der Waals surface area contributed by atoms with Gasteiger partial charge in [-0.05, 0) is 30.8 Å². The Morgan fingerprint density at radius 3 is 2.39 bits per heavy atom. The van der Waals surface area contributed by atoms with Gasteiger partial charge < -0.3 is 14.4 Å². The molecule has 36 heavy (non-hydrogen) atoms. The van der Waals surface area contributed by atoms with Gasteiger partial charge in [0.15, 0.2) is 5.76 Å². The van der Waals surface area contributed by atoms with Crippen molar-refractivity contribution in [1.29, 1.82) is 0 Å². The summed E-state index contributed by atoms with van der Waals surface area (Å²) in [5, 5.41) is 15.9. The Labute approximate surface area is 203 Å². The van der Waals surface area contributed by atoms with Crippen LogP contribution in [-0.2, 0) is 4.79 Å². The molecule has 5 rings (SSSR count). The highest BCUT2D eigenvalue weighted by atomic mass is 19.4. The van der Waals surface area contributed by atoms with Crippen LogP contribution in [0.3, 0.4) is 0 Å². The number of pyridine rings is 1. The van der Waals surface area contributed by atoms with Crippen molar-refractivity contribution < 1.29 is 32.3 Å². The Hall–Kier alpha value is -4.19. The SMILES string of the molecule is CN1CCN(C(=O)c2ccco2)CC1c1nnn2cc(-c3ccccc3)ccc12.O=C(O)C(F)(F)F. The fraction of sp³-hybridized carbons (Fsp3) is 0.250. The minimum absolute atomic E-state index is 0.0252. The van der Waals surface area contributed by atoms with Gasteiger partial charge in [-0.2, -0.15) is 13.2 Å². The molecule has 1 unspecified atom stereocenters. The van der Waals surface area contributed by atoms with Gasteiger partial charge in [-0.3, -0.25) is 9.69 Å². The van der Waals surface area contributed by atoms with Crippen molar-refractivity contribution in [3.8, 4) is 11.1 Å². The number of halogens is 3. The Morgan fingerprint density at radius 1 is 1.03 bits per heavy atom. The molecule has 1 aliphatic rings. The molecule has 0 spiro atoms. The maximum atomic E-state index is 12.7. The monoisotopic (exact) mass is 501 g/mol. The van der Waals surface area contributed by atoms with E-state index in [1.807, 2.05) is 33.8 Å². The zero-order valence-electron chi connectivity index (χ0n) is 19.1. The minimum atomic E-state index is -5.08. The fourth-order valence-corrected chi connectivity index (χ4v) is 3.86. The number of benzene rings is 1. The summed E-state index contributed by atoms with van der Waals surface area (Å²) in [6.07, 6.45) is -1.56. The quantitative estimate of drug-likeness (QED) is 0.456. The molecule has 9 nitrogen and oxygen atoms in total. The third kappa shape index (κ3) is 5.38. The number of nitrogens with zero attached hydrogens (tertiary/aromatic N) is 5. The number of rotatable bonds is 3. The Balaban J connectivity index is 0.000000384. The maximum Gasteiger partial charge on any atom is 0.490 e. The molecule has 1 N–H and O–H groups in total. The number of aromatic nitrogens is 3. The van der Waals surface area contributed by atoms with Crippen molar-refractivity contribution in [3.63, 3.8) is 0 Å². The summed E-state index contributed by atoms with van der Waals surface area (Å²) in [7, 11) is 2.06. The predicted octanol–water partition coefficient (Wildman–Crippen LogP) is 3.75. The number of piperazine rings is 1. The van der Waals surface area contributed by atoms with Crippen LogP contribution < -0.4 is 0 Å². The first kappa shape index (κ1) is 24.9. The zero-order valence-corrected chi connectivity index (χ0v) is 19.1. The standard InChI is InChI=1S/C22H21N5O2.C2HF3O2/c1-25-11-12-26(22(28)20-8-5-13-29-20)15-19(25)21-18-10-9-17(14-27(18)24-23-21)16-6-3-2-4-7-16;3-2(4,5)1(6)7/h2-10,13-14,19H,11-12,15H2,1H3;(H,6,7). The number of carbonyl (C=O) groups excluding carboxylic acids is 1. The van der Waals surface area contributed by atoms with E-state index >= 15 is 0 Å². The van der Waals surface area contributed by atoms with Gasteiger partial charge in [0.1, 0.15) is 5.69 Å². The minimum Gasteiger partial charge on any atom is -0.475 e. The molecule has 1 amide bonds. The Morgan fingerprint density at radius 2 is 1.75 bits per heavy atom. The number of carboxylic acid groups (broad SMARTS) is 1. The van der Waals surface area contributed by atoms with E-state index in [0.29, 0.717) is 18.8 Å². The van der Waals surface area contributed by atoms with Crippen molar-refractivity contribution in [1.82, 2.24) is 24.6 Å². The molecule has 0 bridgehead atoms. The first-order chi connectivity index (χ1) is 17.1. The van der Waals surface area contributed by atoms with Crippen LogP contribution in [0.5, 0.6) is 0 Å². The van der Waals surface area contributed by atoms with Gasteiger partial charge in [0.2, 0.25) is 0 Å². The lowest BCUT2D eigenvalue weighted by molar-refractivity contribution is -0.192. The molecule has 4 aromatic rings. The van der Waals surface area contributed by atoms with Crippen LogP contribution in [0.1, 0.15) is 22.3 Å². The Bertz CT molecular complexity index is 1340. The van der Waals surface area contributed by atoms with Crippen LogP contribution in [0.2, 0.25) is 0 Å². The molecular weight excluding hydrogens is 479 g/mol. The van der Waals surface area contributed by atoms with E-state index in [0.717, 1.165) is 28.9 Å². The lowest BCUT2D eigenvalue weighted by Gasteiger charge is -2.38. The summed E-state index contributed by atoms with van der Waals surface area (Å²) in [5.74, 6) is -2.47. The predicted molar refractivity (Wildman–Crippen MR) is 122 cm³/mol. The lowest BCUT2D eigenvalue weighted by atomic mass is 10.1. The van der Waals surface area contributed by atoms with Crippen LogP contribution in [0.15, 0.2) is 71.5 Å². The average molecular weight is 501 g/mol.